The molecule has 118 valence electrons. The molecule has 1 aromatic carbocycles. The topological polar surface area (TPSA) is 61.4 Å². The van der Waals surface area contributed by atoms with Crippen LogP contribution in [0.15, 0.2) is 30.3 Å². The fraction of sp³-hybridized carbons (Fsp3) is 0.562. The zero-order valence-electron chi connectivity index (χ0n) is 12.4. The summed E-state index contributed by atoms with van der Waals surface area (Å²) >= 11 is 0. The summed E-state index contributed by atoms with van der Waals surface area (Å²) < 4.78 is 0. The molecule has 0 heterocycles. The van der Waals surface area contributed by atoms with E-state index in [0.717, 1.165) is 5.56 Å². The van der Waals surface area contributed by atoms with E-state index in [1.54, 1.807) is 6.92 Å². The largest absolute Gasteiger partial charge is 0.393 e. The van der Waals surface area contributed by atoms with Crippen molar-refractivity contribution in [2.75, 3.05) is 13.1 Å². The first-order valence-electron chi connectivity index (χ1n) is 7.38. The third kappa shape index (κ3) is 6.93. The van der Waals surface area contributed by atoms with Crippen LogP contribution in [0.5, 0.6) is 0 Å². The Hall–Kier alpha value is -1.10. The lowest BCUT2D eigenvalue weighted by Gasteiger charge is -2.19. The van der Waals surface area contributed by atoms with Gasteiger partial charge in [-0.1, -0.05) is 30.3 Å². The first kappa shape index (κ1) is 18.0. The maximum absolute atomic E-state index is 11.8. The Morgan fingerprint density at radius 2 is 2.00 bits per heavy atom. The number of rotatable bonds is 8. The molecule has 0 aliphatic heterocycles. The van der Waals surface area contributed by atoms with Gasteiger partial charge in [0.1, 0.15) is 0 Å². The van der Waals surface area contributed by atoms with Gasteiger partial charge in [0.25, 0.3) is 0 Å². The molecule has 21 heavy (non-hydrogen) atoms. The quantitative estimate of drug-likeness (QED) is 0.686. The van der Waals surface area contributed by atoms with Gasteiger partial charge < -0.3 is 15.7 Å². The summed E-state index contributed by atoms with van der Waals surface area (Å²) in [6.45, 7) is 2.74. The Bertz CT molecular complexity index is 422. The van der Waals surface area contributed by atoms with Crippen LogP contribution in [0.1, 0.15) is 37.7 Å². The molecule has 0 spiro atoms. The molecule has 3 N–H and O–H groups in total. The summed E-state index contributed by atoms with van der Waals surface area (Å²) in [5.74, 6) is 0.185. The fourth-order valence-corrected chi connectivity index (χ4v) is 2.30. The van der Waals surface area contributed by atoms with E-state index in [0.29, 0.717) is 25.6 Å². The summed E-state index contributed by atoms with van der Waals surface area (Å²) in [5.41, 5.74) is 1.16. The molecule has 0 radical (unpaired) electrons. The molecule has 2 unspecified atom stereocenters. The Morgan fingerprint density at radius 1 is 1.33 bits per heavy atom. The van der Waals surface area contributed by atoms with E-state index < -0.39 is 0 Å². The molecule has 4 nitrogen and oxygen atoms in total. The number of halogens is 1. The highest BCUT2D eigenvalue weighted by Gasteiger charge is 2.21. The molecule has 0 aromatic heterocycles. The van der Waals surface area contributed by atoms with E-state index in [-0.39, 0.29) is 30.3 Å². The monoisotopic (exact) mass is 312 g/mol. The highest BCUT2D eigenvalue weighted by atomic mass is 35.5. The first-order chi connectivity index (χ1) is 9.65. The summed E-state index contributed by atoms with van der Waals surface area (Å²) in [5, 5.41) is 15.8. The molecule has 1 saturated carbocycles. The van der Waals surface area contributed by atoms with Crippen LogP contribution in [0.25, 0.3) is 0 Å². The molecule has 1 amide bonds. The SMILES string of the molecule is CC(O)CC(CNC(=O)CNC1CC1)c1ccccc1.Cl. The molecule has 5 heteroatoms. The van der Waals surface area contributed by atoms with Crippen LogP contribution in [0, 0.1) is 0 Å². The molecule has 1 fully saturated rings. The van der Waals surface area contributed by atoms with Crippen LogP contribution < -0.4 is 10.6 Å². The number of nitrogens with one attached hydrogen (secondary N) is 2. The van der Waals surface area contributed by atoms with E-state index in [1.807, 2.05) is 30.3 Å². The zero-order valence-corrected chi connectivity index (χ0v) is 13.2. The van der Waals surface area contributed by atoms with Gasteiger partial charge in [-0.3, -0.25) is 4.79 Å². The van der Waals surface area contributed by atoms with Gasteiger partial charge in [-0.2, -0.15) is 0 Å². The maximum atomic E-state index is 11.8. The van der Waals surface area contributed by atoms with Crippen molar-refractivity contribution in [1.29, 1.82) is 0 Å². The number of hydrogen-bond donors (Lipinski definition) is 3. The maximum Gasteiger partial charge on any atom is 0.233 e. The van der Waals surface area contributed by atoms with Gasteiger partial charge in [-0.15, -0.1) is 12.4 Å². The molecular weight excluding hydrogens is 288 g/mol. The van der Waals surface area contributed by atoms with Crippen molar-refractivity contribution in [3.8, 4) is 0 Å². The van der Waals surface area contributed by atoms with Crippen molar-refractivity contribution in [1.82, 2.24) is 10.6 Å². The Kier molecular flexibility index (Phi) is 7.72. The normalized spacial score (nSPS) is 16.7. The van der Waals surface area contributed by atoms with Crippen LogP contribution in [0.3, 0.4) is 0 Å². The van der Waals surface area contributed by atoms with Crippen molar-refractivity contribution in [3.05, 3.63) is 35.9 Å². The standard InChI is InChI=1S/C16H24N2O2.ClH/c1-12(19)9-14(13-5-3-2-4-6-13)10-18-16(20)11-17-15-7-8-15;/h2-6,12,14-15,17,19H,7-11H2,1H3,(H,18,20);1H. The molecule has 2 rings (SSSR count). The summed E-state index contributed by atoms with van der Waals surface area (Å²) in [4.78, 5) is 11.8. The van der Waals surface area contributed by atoms with Crippen LogP contribution >= 0.6 is 12.4 Å². The molecule has 1 aliphatic carbocycles. The zero-order chi connectivity index (χ0) is 14.4. The molecule has 1 aromatic rings. The lowest BCUT2D eigenvalue weighted by molar-refractivity contribution is -0.120. The van der Waals surface area contributed by atoms with E-state index in [4.69, 9.17) is 0 Å². The number of aliphatic hydroxyl groups excluding tert-OH is 1. The average Bonchev–Trinajstić information content (AvgIpc) is 3.26. The number of aliphatic hydroxyl groups is 1. The molecular formula is C16H25ClN2O2. The molecule has 2 atom stereocenters. The molecule has 0 saturated heterocycles. The van der Waals surface area contributed by atoms with Crippen LogP contribution in [0.4, 0.5) is 0 Å². The van der Waals surface area contributed by atoms with Crippen molar-refractivity contribution in [2.24, 2.45) is 0 Å². The van der Waals surface area contributed by atoms with Crippen LogP contribution in [0.2, 0.25) is 0 Å². The van der Waals surface area contributed by atoms with Crippen molar-refractivity contribution >= 4 is 18.3 Å². The Labute approximate surface area is 132 Å². The van der Waals surface area contributed by atoms with Gasteiger partial charge in [-0.25, -0.2) is 0 Å². The van der Waals surface area contributed by atoms with Crippen molar-refractivity contribution < 1.29 is 9.90 Å². The average molecular weight is 313 g/mol. The first-order valence-corrected chi connectivity index (χ1v) is 7.38. The third-order valence-electron chi connectivity index (χ3n) is 3.57. The number of hydrogen-bond acceptors (Lipinski definition) is 3. The van der Waals surface area contributed by atoms with Gasteiger partial charge in [0, 0.05) is 18.5 Å². The number of carbonyl (C=O) groups is 1. The van der Waals surface area contributed by atoms with Gasteiger partial charge in [0.05, 0.1) is 12.6 Å². The summed E-state index contributed by atoms with van der Waals surface area (Å²) in [7, 11) is 0. The summed E-state index contributed by atoms with van der Waals surface area (Å²) in [6, 6.07) is 10.6. The third-order valence-corrected chi connectivity index (χ3v) is 3.57. The van der Waals surface area contributed by atoms with Gasteiger partial charge in [0.2, 0.25) is 5.91 Å². The van der Waals surface area contributed by atoms with E-state index in [2.05, 4.69) is 10.6 Å². The minimum absolute atomic E-state index is 0. The number of carbonyl (C=O) groups excluding carboxylic acids is 1. The fourth-order valence-electron chi connectivity index (χ4n) is 2.30. The van der Waals surface area contributed by atoms with E-state index >= 15 is 0 Å². The number of benzene rings is 1. The highest BCUT2D eigenvalue weighted by molar-refractivity contribution is 5.85. The van der Waals surface area contributed by atoms with Crippen LogP contribution in [-0.4, -0.2) is 36.2 Å². The second-order valence-electron chi connectivity index (χ2n) is 5.65. The minimum atomic E-state index is -0.373. The Morgan fingerprint density at radius 3 is 2.57 bits per heavy atom. The molecule has 1 aliphatic rings. The predicted molar refractivity (Wildman–Crippen MR) is 86.8 cm³/mol. The van der Waals surface area contributed by atoms with E-state index in [1.165, 1.54) is 12.8 Å². The lowest BCUT2D eigenvalue weighted by atomic mass is 9.93. The van der Waals surface area contributed by atoms with Gasteiger partial charge in [-0.05, 0) is 31.7 Å². The van der Waals surface area contributed by atoms with Gasteiger partial charge >= 0.3 is 0 Å². The van der Waals surface area contributed by atoms with Crippen LogP contribution in [-0.2, 0) is 4.79 Å². The molecule has 0 bridgehead atoms. The second kappa shape index (κ2) is 9.03. The second-order valence-corrected chi connectivity index (χ2v) is 5.65. The summed E-state index contributed by atoms with van der Waals surface area (Å²) in [6.07, 6.45) is 2.64. The highest BCUT2D eigenvalue weighted by Crippen LogP contribution is 2.20. The van der Waals surface area contributed by atoms with Gasteiger partial charge in [0.15, 0.2) is 0 Å². The minimum Gasteiger partial charge on any atom is -0.393 e. The predicted octanol–water partition coefficient (Wildman–Crippen LogP) is 1.83. The lowest BCUT2D eigenvalue weighted by Crippen LogP contribution is -2.37. The smallest absolute Gasteiger partial charge is 0.233 e. The van der Waals surface area contributed by atoms with E-state index in [9.17, 15) is 9.90 Å². The van der Waals surface area contributed by atoms with Crippen molar-refractivity contribution in [3.63, 3.8) is 0 Å². The number of amides is 1. The van der Waals surface area contributed by atoms with Crippen molar-refractivity contribution in [2.45, 2.75) is 44.2 Å². The Balaban J connectivity index is 0.00000220.